The van der Waals surface area contributed by atoms with Gasteiger partial charge in [0.25, 0.3) is 0 Å². The van der Waals surface area contributed by atoms with Crippen LogP contribution in [0.3, 0.4) is 0 Å². The van der Waals surface area contributed by atoms with E-state index in [1.54, 1.807) is 18.2 Å². The molecule has 1 aromatic rings. The largest absolute Gasteiger partial charge is 0.396 e. The summed E-state index contributed by atoms with van der Waals surface area (Å²) in [5.41, 5.74) is 0.641. The van der Waals surface area contributed by atoms with Gasteiger partial charge in [-0.3, -0.25) is 4.90 Å². The summed E-state index contributed by atoms with van der Waals surface area (Å²) in [4.78, 5) is 2.23. The molecule has 1 fully saturated rings. The van der Waals surface area contributed by atoms with E-state index in [0.29, 0.717) is 18.2 Å². The molecule has 0 aliphatic carbocycles. The third kappa shape index (κ3) is 2.97. The first-order chi connectivity index (χ1) is 8.22. The van der Waals surface area contributed by atoms with Crippen molar-refractivity contribution >= 4 is 11.6 Å². The fraction of sp³-hybridized carbons (Fsp3) is 0.538. The molecule has 1 N–H and O–H groups in total. The first-order valence-electron chi connectivity index (χ1n) is 6.00. The Hall–Kier alpha value is -0.640. The molecule has 0 bridgehead atoms. The lowest BCUT2D eigenvalue weighted by Gasteiger charge is -2.24. The van der Waals surface area contributed by atoms with Crippen LogP contribution >= 0.6 is 11.6 Å². The van der Waals surface area contributed by atoms with Crippen molar-refractivity contribution in [3.8, 4) is 0 Å². The summed E-state index contributed by atoms with van der Waals surface area (Å²) in [5, 5.41) is 9.17. The molecule has 4 heteroatoms. The quantitative estimate of drug-likeness (QED) is 0.897. The van der Waals surface area contributed by atoms with Crippen molar-refractivity contribution in [3.05, 3.63) is 34.6 Å². The van der Waals surface area contributed by atoms with Gasteiger partial charge in [-0.05, 0) is 31.9 Å². The van der Waals surface area contributed by atoms with Crippen LogP contribution in [0, 0.1) is 5.82 Å². The van der Waals surface area contributed by atoms with Crippen molar-refractivity contribution in [2.45, 2.75) is 31.8 Å². The Morgan fingerprint density at radius 3 is 3.06 bits per heavy atom. The van der Waals surface area contributed by atoms with Crippen LogP contribution in [0.15, 0.2) is 18.2 Å². The molecule has 0 spiro atoms. The summed E-state index contributed by atoms with van der Waals surface area (Å²) < 4.78 is 13.8. The molecule has 1 heterocycles. The van der Waals surface area contributed by atoms with Gasteiger partial charge in [-0.1, -0.05) is 23.7 Å². The lowest BCUT2D eigenvalue weighted by Crippen LogP contribution is -2.30. The second kappa shape index (κ2) is 5.80. The first kappa shape index (κ1) is 12.8. The van der Waals surface area contributed by atoms with E-state index in [2.05, 4.69) is 4.90 Å². The molecule has 0 aromatic heterocycles. The van der Waals surface area contributed by atoms with E-state index in [0.717, 1.165) is 25.8 Å². The Labute approximate surface area is 106 Å². The highest BCUT2D eigenvalue weighted by atomic mass is 35.5. The highest BCUT2D eigenvalue weighted by Gasteiger charge is 2.24. The average molecular weight is 258 g/mol. The summed E-state index contributed by atoms with van der Waals surface area (Å²) in [6, 6.07) is 5.49. The maximum absolute atomic E-state index is 13.8. The maximum Gasteiger partial charge on any atom is 0.146 e. The van der Waals surface area contributed by atoms with Gasteiger partial charge in [-0.15, -0.1) is 0 Å². The second-order valence-corrected chi connectivity index (χ2v) is 4.90. The summed E-state index contributed by atoms with van der Waals surface area (Å²) in [6.07, 6.45) is 2.97. The van der Waals surface area contributed by atoms with Gasteiger partial charge in [0.15, 0.2) is 0 Å². The van der Waals surface area contributed by atoms with Gasteiger partial charge < -0.3 is 5.11 Å². The third-order valence-corrected chi connectivity index (χ3v) is 3.66. The smallest absolute Gasteiger partial charge is 0.146 e. The Bertz CT molecular complexity index is 386. The summed E-state index contributed by atoms with van der Waals surface area (Å²) in [7, 11) is 0. The molecule has 1 saturated heterocycles. The molecule has 0 amide bonds. The normalized spacial score (nSPS) is 21.0. The highest BCUT2D eigenvalue weighted by Crippen LogP contribution is 2.25. The number of likely N-dealkylation sites (tertiary alicyclic amines) is 1. The van der Waals surface area contributed by atoms with Crippen LogP contribution < -0.4 is 0 Å². The van der Waals surface area contributed by atoms with E-state index < -0.39 is 0 Å². The molecular weight excluding hydrogens is 241 g/mol. The van der Waals surface area contributed by atoms with Gasteiger partial charge >= 0.3 is 0 Å². The summed E-state index contributed by atoms with van der Waals surface area (Å²) in [6.45, 7) is 1.74. The second-order valence-electron chi connectivity index (χ2n) is 4.49. The topological polar surface area (TPSA) is 23.5 Å². The van der Waals surface area contributed by atoms with E-state index in [1.807, 2.05) is 0 Å². The Balaban J connectivity index is 2.07. The van der Waals surface area contributed by atoms with Crippen molar-refractivity contribution in [1.82, 2.24) is 4.90 Å². The molecule has 1 aliphatic heterocycles. The molecular formula is C13H17ClFNO. The van der Waals surface area contributed by atoms with Crippen LogP contribution in [-0.4, -0.2) is 29.2 Å². The van der Waals surface area contributed by atoms with Crippen LogP contribution in [0.1, 0.15) is 24.8 Å². The predicted molar refractivity (Wildman–Crippen MR) is 66.5 cm³/mol. The van der Waals surface area contributed by atoms with Gasteiger partial charge in [0.2, 0.25) is 0 Å². The van der Waals surface area contributed by atoms with Gasteiger partial charge in [-0.2, -0.15) is 0 Å². The van der Waals surface area contributed by atoms with E-state index in [-0.39, 0.29) is 17.4 Å². The fourth-order valence-corrected chi connectivity index (χ4v) is 2.66. The zero-order valence-corrected chi connectivity index (χ0v) is 10.5. The number of aliphatic hydroxyl groups is 1. The molecule has 1 unspecified atom stereocenters. The van der Waals surface area contributed by atoms with E-state index in [9.17, 15) is 4.39 Å². The molecule has 0 radical (unpaired) electrons. The SMILES string of the molecule is OCCC1CCCN1Cc1cccc(Cl)c1F. The average Bonchev–Trinajstić information content (AvgIpc) is 2.73. The molecule has 94 valence electrons. The number of hydrogen-bond donors (Lipinski definition) is 1. The Kier molecular flexibility index (Phi) is 4.37. The summed E-state index contributed by atoms with van der Waals surface area (Å²) >= 11 is 5.76. The third-order valence-electron chi connectivity index (χ3n) is 3.37. The maximum atomic E-state index is 13.8. The number of hydrogen-bond acceptors (Lipinski definition) is 2. The molecule has 1 aliphatic rings. The lowest BCUT2D eigenvalue weighted by molar-refractivity contribution is 0.188. The number of aliphatic hydroxyl groups excluding tert-OH is 1. The Morgan fingerprint density at radius 2 is 2.29 bits per heavy atom. The predicted octanol–water partition coefficient (Wildman–Crippen LogP) is 2.83. The van der Waals surface area contributed by atoms with Gasteiger partial charge in [0.05, 0.1) is 5.02 Å². The fourth-order valence-electron chi connectivity index (χ4n) is 2.47. The van der Waals surface area contributed by atoms with Gasteiger partial charge in [0, 0.05) is 24.8 Å². The molecule has 2 nitrogen and oxygen atoms in total. The molecule has 1 aromatic carbocycles. The van der Waals surface area contributed by atoms with Crippen LogP contribution in [0.25, 0.3) is 0 Å². The zero-order chi connectivity index (χ0) is 12.3. The highest BCUT2D eigenvalue weighted by molar-refractivity contribution is 6.30. The van der Waals surface area contributed by atoms with E-state index in [4.69, 9.17) is 16.7 Å². The summed E-state index contributed by atoms with van der Waals surface area (Å²) in [5.74, 6) is -0.316. The van der Waals surface area contributed by atoms with Crippen LogP contribution in [0.2, 0.25) is 5.02 Å². The van der Waals surface area contributed by atoms with Crippen molar-refractivity contribution in [3.63, 3.8) is 0 Å². The monoisotopic (exact) mass is 257 g/mol. The Morgan fingerprint density at radius 1 is 1.47 bits per heavy atom. The minimum Gasteiger partial charge on any atom is -0.396 e. The number of nitrogens with zero attached hydrogens (tertiary/aromatic N) is 1. The van der Waals surface area contributed by atoms with Crippen molar-refractivity contribution < 1.29 is 9.50 Å². The number of halogens is 2. The minimum atomic E-state index is -0.316. The van der Waals surface area contributed by atoms with Crippen molar-refractivity contribution in [2.75, 3.05) is 13.2 Å². The molecule has 0 saturated carbocycles. The molecule has 17 heavy (non-hydrogen) atoms. The zero-order valence-electron chi connectivity index (χ0n) is 9.70. The molecule has 1 atom stereocenters. The minimum absolute atomic E-state index is 0.181. The van der Waals surface area contributed by atoms with Gasteiger partial charge in [0.1, 0.15) is 5.82 Å². The standard InChI is InChI=1S/C13H17ClFNO/c14-12-5-1-3-10(13(12)15)9-16-7-2-4-11(16)6-8-17/h1,3,5,11,17H,2,4,6-9H2. The van der Waals surface area contributed by atoms with Crippen LogP contribution in [0.5, 0.6) is 0 Å². The van der Waals surface area contributed by atoms with Crippen molar-refractivity contribution in [2.24, 2.45) is 0 Å². The van der Waals surface area contributed by atoms with Crippen LogP contribution in [0.4, 0.5) is 4.39 Å². The van der Waals surface area contributed by atoms with E-state index in [1.165, 1.54) is 0 Å². The van der Waals surface area contributed by atoms with E-state index >= 15 is 0 Å². The van der Waals surface area contributed by atoms with Crippen LogP contribution in [-0.2, 0) is 6.54 Å². The lowest BCUT2D eigenvalue weighted by atomic mass is 10.1. The first-order valence-corrected chi connectivity index (χ1v) is 6.38. The van der Waals surface area contributed by atoms with Crippen molar-refractivity contribution in [1.29, 1.82) is 0 Å². The molecule has 2 rings (SSSR count). The number of rotatable bonds is 4. The number of benzene rings is 1. The van der Waals surface area contributed by atoms with Gasteiger partial charge in [-0.25, -0.2) is 4.39 Å².